The quantitative estimate of drug-likeness (QED) is 0.851. The molecule has 0 saturated carbocycles. The lowest BCUT2D eigenvalue weighted by Crippen LogP contribution is -2.43. The number of fused-ring (bicyclic) bond motifs is 1. The van der Waals surface area contributed by atoms with Crippen molar-refractivity contribution in [3.63, 3.8) is 0 Å². The summed E-state index contributed by atoms with van der Waals surface area (Å²) in [6.45, 7) is 5.74. The molecular weight excluding hydrogens is 259 g/mol. The molecule has 6 heteroatoms. The van der Waals surface area contributed by atoms with Crippen molar-refractivity contribution in [2.24, 2.45) is 0 Å². The van der Waals surface area contributed by atoms with Gasteiger partial charge in [0.15, 0.2) is 5.82 Å². The molecule has 0 unspecified atom stereocenters. The van der Waals surface area contributed by atoms with E-state index in [1.54, 1.807) is 19.2 Å². The van der Waals surface area contributed by atoms with Gasteiger partial charge in [-0.1, -0.05) is 0 Å². The van der Waals surface area contributed by atoms with E-state index in [-0.39, 0.29) is 11.1 Å². The number of aromatic nitrogens is 2. The second-order valence-electron chi connectivity index (χ2n) is 5.16. The van der Waals surface area contributed by atoms with E-state index in [0.29, 0.717) is 23.2 Å². The molecule has 2 aromatic heterocycles. The van der Waals surface area contributed by atoms with Crippen LogP contribution in [0.5, 0.6) is 0 Å². The monoisotopic (exact) mass is 276 g/mol. The minimum atomic E-state index is -0.418. The van der Waals surface area contributed by atoms with Crippen LogP contribution in [0.1, 0.15) is 11.3 Å². The van der Waals surface area contributed by atoms with E-state index in [1.165, 1.54) is 0 Å². The van der Waals surface area contributed by atoms with Crippen molar-refractivity contribution in [1.82, 2.24) is 20.2 Å². The van der Waals surface area contributed by atoms with Crippen LogP contribution < -0.4 is 10.9 Å². The number of hydrogen-bond donors (Lipinski definition) is 2. The first-order chi connectivity index (χ1) is 9.65. The van der Waals surface area contributed by atoms with E-state index in [4.69, 9.17) is 0 Å². The topological polar surface area (TPSA) is 61.0 Å². The maximum atomic E-state index is 14.5. The molecule has 0 aromatic carbocycles. The summed E-state index contributed by atoms with van der Waals surface area (Å²) in [6, 6.07) is 1.67. The minimum Gasteiger partial charge on any atom is -0.319 e. The van der Waals surface area contributed by atoms with Crippen LogP contribution in [0.25, 0.3) is 10.9 Å². The number of nitrogens with zero attached hydrogens (tertiary/aromatic N) is 2. The Morgan fingerprint density at radius 1 is 1.40 bits per heavy atom. The fraction of sp³-hybridized carbons (Fsp3) is 0.429. The Bertz CT molecular complexity index is 691. The molecule has 1 aliphatic heterocycles. The van der Waals surface area contributed by atoms with Gasteiger partial charge in [0.2, 0.25) is 0 Å². The van der Waals surface area contributed by atoms with Gasteiger partial charge in [-0.3, -0.25) is 14.7 Å². The Labute approximate surface area is 115 Å². The van der Waals surface area contributed by atoms with Crippen LogP contribution in [-0.2, 0) is 6.54 Å². The number of piperazine rings is 1. The highest BCUT2D eigenvalue weighted by molar-refractivity contribution is 5.78. The lowest BCUT2D eigenvalue weighted by molar-refractivity contribution is 0.228. The van der Waals surface area contributed by atoms with Crippen LogP contribution in [0.3, 0.4) is 0 Å². The van der Waals surface area contributed by atoms with E-state index in [1.807, 2.05) is 0 Å². The molecule has 5 nitrogen and oxygen atoms in total. The first kappa shape index (κ1) is 13.2. The van der Waals surface area contributed by atoms with Crippen LogP contribution in [0.2, 0.25) is 0 Å². The van der Waals surface area contributed by atoms with E-state index in [9.17, 15) is 9.18 Å². The standard InChI is InChI=1S/C14H17FN4O/c1-9-6-10-7-17-11(8-19-4-2-16-3-5-19)12(15)13(10)18-14(9)20/h6-7,16H,2-5,8H2,1H3,(H,18,20). The van der Waals surface area contributed by atoms with Gasteiger partial charge >= 0.3 is 0 Å². The van der Waals surface area contributed by atoms with Gasteiger partial charge in [-0.2, -0.15) is 0 Å². The number of nitrogens with one attached hydrogen (secondary N) is 2. The molecule has 3 heterocycles. The van der Waals surface area contributed by atoms with Crippen molar-refractivity contribution in [3.8, 4) is 0 Å². The van der Waals surface area contributed by atoms with Crippen molar-refractivity contribution in [1.29, 1.82) is 0 Å². The van der Waals surface area contributed by atoms with Gasteiger partial charge in [0.1, 0.15) is 0 Å². The Balaban J connectivity index is 1.97. The summed E-state index contributed by atoms with van der Waals surface area (Å²) in [7, 11) is 0. The molecule has 0 amide bonds. The Morgan fingerprint density at radius 2 is 2.15 bits per heavy atom. The molecule has 1 saturated heterocycles. The van der Waals surface area contributed by atoms with Crippen molar-refractivity contribution >= 4 is 10.9 Å². The zero-order valence-corrected chi connectivity index (χ0v) is 11.4. The smallest absolute Gasteiger partial charge is 0.251 e. The fourth-order valence-electron chi connectivity index (χ4n) is 2.48. The highest BCUT2D eigenvalue weighted by Crippen LogP contribution is 2.18. The maximum Gasteiger partial charge on any atom is 0.251 e. The number of pyridine rings is 2. The van der Waals surface area contributed by atoms with Crippen molar-refractivity contribution in [2.45, 2.75) is 13.5 Å². The molecule has 0 atom stereocenters. The van der Waals surface area contributed by atoms with Gasteiger partial charge in [0, 0.05) is 49.9 Å². The number of hydrogen-bond acceptors (Lipinski definition) is 4. The van der Waals surface area contributed by atoms with Crippen LogP contribution in [0.4, 0.5) is 4.39 Å². The van der Waals surface area contributed by atoms with Crippen LogP contribution in [0.15, 0.2) is 17.1 Å². The molecule has 2 aromatic rings. The number of aryl methyl sites for hydroxylation is 1. The molecule has 1 aliphatic rings. The van der Waals surface area contributed by atoms with Gasteiger partial charge in [-0.05, 0) is 13.0 Å². The van der Waals surface area contributed by atoms with E-state index in [0.717, 1.165) is 26.2 Å². The average molecular weight is 276 g/mol. The van der Waals surface area contributed by atoms with Crippen molar-refractivity contribution in [2.75, 3.05) is 26.2 Å². The van der Waals surface area contributed by atoms with Gasteiger partial charge in [0.25, 0.3) is 5.56 Å². The average Bonchev–Trinajstić information content (AvgIpc) is 2.46. The molecule has 0 radical (unpaired) electrons. The predicted octanol–water partition coefficient (Wildman–Crippen LogP) is 0.776. The summed E-state index contributed by atoms with van der Waals surface area (Å²) in [5, 5.41) is 3.88. The third kappa shape index (κ3) is 2.44. The van der Waals surface area contributed by atoms with Gasteiger partial charge in [-0.15, -0.1) is 0 Å². The third-order valence-corrected chi connectivity index (χ3v) is 3.67. The highest BCUT2D eigenvalue weighted by Gasteiger charge is 2.16. The molecule has 0 spiro atoms. The molecule has 2 N–H and O–H groups in total. The number of rotatable bonds is 2. The Hall–Kier alpha value is -1.79. The minimum absolute atomic E-state index is 0.251. The first-order valence-corrected chi connectivity index (χ1v) is 6.75. The lowest BCUT2D eigenvalue weighted by atomic mass is 10.2. The Kier molecular flexibility index (Phi) is 3.50. The zero-order valence-electron chi connectivity index (χ0n) is 11.4. The predicted molar refractivity (Wildman–Crippen MR) is 75.2 cm³/mol. The number of H-pyrrole nitrogens is 1. The lowest BCUT2D eigenvalue weighted by Gasteiger charge is -2.26. The number of halogens is 1. The highest BCUT2D eigenvalue weighted by atomic mass is 19.1. The molecule has 3 rings (SSSR count). The third-order valence-electron chi connectivity index (χ3n) is 3.67. The van der Waals surface area contributed by atoms with Crippen LogP contribution in [0, 0.1) is 12.7 Å². The summed E-state index contributed by atoms with van der Waals surface area (Å²) >= 11 is 0. The first-order valence-electron chi connectivity index (χ1n) is 6.75. The molecule has 20 heavy (non-hydrogen) atoms. The van der Waals surface area contributed by atoms with Crippen LogP contribution in [-0.4, -0.2) is 41.0 Å². The van der Waals surface area contributed by atoms with Crippen LogP contribution >= 0.6 is 0 Å². The molecule has 1 fully saturated rings. The van der Waals surface area contributed by atoms with Crippen molar-refractivity contribution in [3.05, 3.63) is 39.7 Å². The fourth-order valence-corrected chi connectivity index (χ4v) is 2.48. The van der Waals surface area contributed by atoms with E-state index < -0.39 is 5.82 Å². The Morgan fingerprint density at radius 3 is 2.90 bits per heavy atom. The summed E-state index contributed by atoms with van der Waals surface area (Å²) in [5.74, 6) is -0.418. The zero-order chi connectivity index (χ0) is 14.1. The van der Waals surface area contributed by atoms with E-state index >= 15 is 0 Å². The second kappa shape index (κ2) is 5.30. The van der Waals surface area contributed by atoms with Crippen molar-refractivity contribution < 1.29 is 4.39 Å². The molecular formula is C14H17FN4O. The number of aromatic amines is 1. The maximum absolute atomic E-state index is 14.5. The van der Waals surface area contributed by atoms with Gasteiger partial charge in [0.05, 0.1) is 11.2 Å². The normalized spacial score (nSPS) is 16.7. The summed E-state index contributed by atoms with van der Waals surface area (Å²) < 4.78 is 14.5. The summed E-state index contributed by atoms with van der Waals surface area (Å²) in [6.07, 6.45) is 1.62. The molecule has 106 valence electrons. The summed E-state index contributed by atoms with van der Waals surface area (Å²) in [5.41, 5.74) is 0.948. The van der Waals surface area contributed by atoms with Gasteiger partial charge in [-0.25, -0.2) is 4.39 Å². The largest absolute Gasteiger partial charge is 0.319 e. The SMILES string of the molecule is Cc1cc2cnc(CN3CCNCC3)c(F)c2[nH]c1=O. The van der Waals surface area contributed by atoms with E-state index in [2.05, 4.69) is 20.2 Å². The molecule has 0 bridgehead atoms. The second-order valence-corrected chi connectivity index (χ2v) is 5.16. The summed E-state index contributed by atoms with van der Waals surface area (Å²) in [4.78, 5) is 20.6. The molecule has 0 aliphatic carbocycles. The van der Waals surface area contributed by atoms with Gasteiger partial charge < -0.3 is 10.3 Å².